The van der Waals surface area contributed by atoms with E-state index in [1.807, 2.05) is 35.9 Å². The molecule has 1 N–H and O–H groups in total. The molecule has 4 heterocycles. The Morgan fingerprint density at radius 1 is 1.00 bits per heavy atom. The minimum absolute atomic E-state index is 0.0754. The second-order valence-electron chi connectivity index (χ2n) is 10.8. The van der Waals surface area contributed by atoms with Crippen LogP contribution in [0.2, 0.25) is 0 Å². The first kappa shape index (κ1) is 24.4. The molecule has 1 saturated carbocycles. The SMILES string of the molecule is Cc1cccc2cc([C@@H](c3nnnn3C3CCCCC3)N3CCN(c4nc5ccccc5s4)CC3)c(=O)[nH]c12. The van der Waals surface area contributed by atoms with Crippen LogP contribution in [0.4, 0.5) is 5.13 Å². The van der Waals surface area contributed by atoms with Gasteiger partial charge in [0.1, 0.15) is 6.04 Å². The first-order valence-corrected chi connectivity index (χ1v) is 14.7. The Kier molecular flexibility index (Phi) is 6.36. The third-order valence-corrected chi connectivity index (χ3v) is 9.42. The van der Waals surface area contributed by atoms with E-state index in [0.29, 0.717) is 5.56 Å². The van der Waals surface area contributed by atoms with Crippen LogP contribution < -0.4 is 10.5 Å². The fourth-order valence-electron chi connectivity index (χ4n) is 6.24. The summed E-state index contributed by atoms with van der Waals surface area (Å²) >= 11 is 1.74. The number of fused-ring (bicyclic) bond motifs is 2. The van der Waals surface area contributed by atoms with Gasteiger partial charge in [0.2, 0.25) is 0 Å². The Balaban J connectivity index is 1.25. The fraction of sp³-hybridized carbons (Fsp3) is 0.414. The largest absolute Gasteiger partial charge is 0.345 e. The number of aryl methyl sites for hydroxylation is 1. The third kappa shape index (κ3) is 4.51. The van der Waals surface area contributed by atoms with Gasteiger partial charge in [-0.3, -0.25) is 9.69 Å². The second kappa shape index (κ2) is 10.2. The normalized spacial score (nSPS) is 18.2. The van der Waals surface area contributed by atoms with E-state index in [1.54, 1.807) is 11.3 Å². The van der Waals surface area contributed by atoms with Crippen LogP contribution >= 0.6 is 11.3 Å². The van der Waals surface area contributed by atoms with Gasteiger partial charge in [0.05, 0.1) is 21.8 Å². The lowest BCUT2D eigenvalue weighted by Crippen LogP contribution is -2.49. The van der Waals surface area contributed by atoms with Crippen LogP contribution in [0.25, 0.3) is 21.1 Å². The summed E-state index contributed by atoms with van der Waals surface area (Å²) in [6.45, 7) is 5.24. The number of aromatic amines is 1. The first-order chi connectivity index (χ1) is 19.2. The van der Waals surface area contributed by atoms with Crippen molar-refractivity contribution in [3.8, 4) is 0 Å². The van der Waals surface area contributed by atoms with Crippen molar-refractivity contribution >= 4 is 37.6 Å². The number of hydrogen-bond donors (Lipinski definition) is 1. The van der Waals surface area contributed by atoms with Gasteiger partial charge in [-0.15, -0.1) is 5.10 Å². The highest BCUT2D eigenvalue weighted by molar-refractivity contribution is 7.22. The summed E-state index contributed by atoms with van der Waals surface area (Å²) in [5, 5.41) is 15.3. The fourth-order valence-corrected chi connectivity index (χ4v) is 7.25. The monoisotopic (exact) mass is 540 g/mol. The van der Waals surface area contributed by atoms with E-state index in [2.05, 4.69) is 54.6 Å². The smallest absolute Gasteiger partial charge is 0.253 e. The minimum atomic E-state index is -0.326. The number of anilines is 1. The van der Waals surface area contributed by atoms with Gasteiger partial charge in [-0.25, -0.2) is 9.67 Å². The molecule has 5 aromatic rings. The van der Waals surface area contributed by atoms with Crippen molar-refractivity contribution in [2.24, 2.45) is 0 Å². The third-order valence-electron chi connectivity index (χ3n) is 8.33. The number of benzene rings is 2. The van der Waals surface area contributed by atoms with Crippen molar-refractivity contribution in [1.82, 2.24) is 35.1 Å². The molecule has 0 bridgehead atoms. The lowest BCUT2D eigenvalue weighted by atomic mass is 9.95. The van der Waals surface area contributed by atoms with Crippen LogP contribution in [0.15, 0.2) is 53.3 Å². The molecule has 10 heteroatoms. The Morgan fingerprint density at radius 2 is 1.82 bits per heavy atom. The van der Waals surface area contributed by atoms with Crippen LogP contribution in [0.1, 0.15) is 61.1 Å². The van der Waals surface area contributed by atoms with Crippen molar-refractivity contribution in [2.75, 3.05) is 31.1 Å². The summed E-state index contributed by atoms with van der Waals surface area (Å²) < 4.78 is 3.22. The van der Waals surface area contributed by atoms with Crippen LogP contribution in [-0.4, -0.2) is 61.3 Å². The molecule has 1 atom stereocenters. The van der Waals surface area contributed by atoms with Crippen LogP contribution in [0, 0.1) is 6.92 Å². The molecule has 9 nitrogen and oxygen atoms in total. The van der Waals surface area contributed by atoms with Gasteiger partial charge in [-0.2, -0.15) is 0 Å². The average Bonchev–Trinajstić information content (AvgIpc) is 3.63. The molecule has 7 rings (SSSR count). The zero-order chi connectivity index (χ0) is 26.3. The molecule has 1 aliphatic heterocycles. The number of H-pyrrole nitrogens is 1. The highest BCUT2D eigenvalue weighted by Gasteiger charge is 2.35. The number of thiazole rings is 1. The molecule has 200 valence electrons. The number of nitrogens with zero attached hydrogens (tertiary/aromatic N) is 7. The predicted molar refractivity (Wildman–Crippen MR) is 154 cm³/mol. The zero-order valence-corrected chi connectivity index (χ0v) is 22.9. The summed E-state index contributed by atoms with van der Waals surface area (Å²) in [6, 6.07) is 16.4. The lowest BCUT2D eigenvalue weighted by Gasteiger charge is -2.39. The van der Waals surface area contributed by atoms with Gasteiger partial charge < -0.3 is 9.88 Å². The van der Waals surface area contributed by atoms with Crippen molar-refractivity contribution < 1.29 is 0 Å². The number of aromatic nitrogens is 6. The maximum Gasteiger partial charge on any atom is 0.253 e. The van der Waals surface area contributed by atoms with E-state index in [9.17, 15) is 4.79 Å². The van der Waals surface area contributed by atoms with Crippen molar-refractivity contribution in [2.45, 2.75) is 51.1 Å². The van der Waals surface area contributed by atoms with E-state index in [-0.39, 0.29) is 17.6 Å². The van der Waals surface area contributed by atoms with Crippen molar-refractivity contribution in [3.05, 3.63) is 75.8 Å². The maximum absolute atomic E-state index is 13.7. The molecule has 39 heavy (non-hydrogen) atoms. The summed E-state index contributed by atoms with van der Waals surface area (Å²) in [6.07, 6.45) is 5.78. The van der Waals surface area contributed by atoms with Crippen LogP contribution in [0.5, 0.6) is 0 Å². The topological polar surface area (TPSA) is 95.8 Å². The zero-order valence-electron chi connectivity index (χ0n) is 22.1. The Bertz CT molecular complexity index is 1640. The summed E-state index contributed by atoms with van der Waals surface area (Å²) in [7, 11) is 0. The van der Waals surface area contributed by atoms with Gasteiger partial charge in [0, 0.05) is 31.7 Å². The number of pyridine rings is 1. The molecule has 2 fully saturated rings. The highest BCUT2D eigenvalue weighted by atomic mass is 32.1. The van der Waals surface area contributed by atoms with E-state index < -0.39 is 0 Å². The van der Waals surface area contributed by atoms with Crippen molar-refractivity contribution in [1.29, 1.82) is 0 Å². The predicted octanol–water partition coefficient (Wildman–Crippen LogP) is 4.85. The summed E-state index contributed by atoms with van der Waals surface area (Å²) in [5.74, 6) is 0.771. The quantitative estimate of drug-likeness (QED) is 0.340. The standard InChI is InChI=1S/C29H32N8OS/c1-19-8-7-9-20-18-22(28(38)31-25(19)20)26(27-32-33-34-37(27)21-10-3-2-4-11-21)35-14-16-36(17-15-35)29-30-23-12-5-6-13-24(23)39-29/h5-9,12-13,18,21,26H,2-4,10-11,14-17H2,1H3,(H,31,38)/t26-/m0/s1. The van der Waals surface area contributed by atoms with Crippen LogP contribution in [0.3, 0.4) is 0 Å². The Hall–Kier alpha value is -3.63. The molecular weight excluding hydrogens is 508 g/mol. The lowest BCUT2D eigenvalue weighted by molar-refractivity contribution is 0.192. The molecule has 2 aromatic carbocycles. The summed E-state index contributed by atoms with van der Waals surface area (Å²) in [5.41, 5.74) is 3.62. The molecule has 3 aromatic heterocycles. The number of hydrogen-bond acceptors (Lipinski definition) is 8. The highest BCUT2D eigenvalue weighted by Crippen LogP contribution is 2.35. The molecule has 1 aliphatic carbocycles. The first-order valence-electron chi connectivity index (χ1n) is 13.9. The average molecular weight is 541 g/mol. The molecule has 2 aliphatic rings. The number of rotatable bonds is 5. The molecular formula is C29H32N8OS. The molecule has 1 saturated heterocycles. The van der Waals surface area contributed by atoms with E-state index in [0.717, 1.165) is 72.0 Å². The minimum Gasteiger partial charge on any atom is -0.345 e. The van der Waals surface area contributed by atoms with Crippen LogP contribution in [-0.2, 0) is 0 Å². The Morgan fingerprint density at radius 3 is 2.64 bits per heavy atom. The van der Waals surface area contributed by atoms with Gasteiger partial charge in [0.15, 0.2) is 11.0 Å². The molecule has 0 spiro atoms. The second-order valence-corrected chi connectivity index (χ2v) is 11.8. The van der Waals surface area contributed by atoms with E-state index in [1.165, 1.54) is 24.0 Å². The molecule has 0 radical (unpaired) electrons. The Labute approximate surface area is 230 Å². The number of piperazine rings is 1. The number of para-hydroxylation sites is 2. The molecule has 0 amide bonds. The van der Waals surface area contributed by atoms with Gasteiger partial charge in [-0.1, -0.05) is 60.9 Å². The number of tetrazole rings is 1. The molecule has 0 unspecified atom stereocenters. The van der Waals surface area contributed by atoms with E-state index >= 15 is 0 Å². The summed E-state index contributed by atoms with van der Waals surface area (Å²) in [4.78, 5) is 26.5. The number of nitrogens with one attached hydrogen (secondary N) is 1. The van der Waals surface area contributed by atoms with E-state index in [4.69, 9.17) is 4.98 Å². The maximum atomic E-state index is 13.7. The van der Waals surface area contributed by atoms with Gasteiger partial charge in [0.25, 0.3) is 5.56 Å². The van der Waals surface area contributed by atoms with Gasteiger partial charge >= 0.3 is 0 Å². The van der Waals surface area contributed by atoms with Gasteiger partial charge in [-0.05, 0) is 59.3 Å². The van der Waals surface area contributed by atoms with Crippen molar-refractivity contribution in [3.63, 3.8) is 0 Å².